The van der Waals surface area contributed by atoms with Crippen molar-refractivity contribution in [3.05, 3.63) is 24.0 Å². The van der Waals surface area contributed by atoms with E-state index in [-0.39, 0.29) is 0 Å². The van der Waals surface area contributed by atoms with Gasteiger partial charge in [0.1, 0.15) is 18.2 Å². The molecule has 0 saturated heterocycles. The molecule has 5 heteroatoms. The van der Waals surface area contributed by atoms with E-state index in [9.17, 15) is 0 Å². The predicted octanol–water partition coefficient (Wildman–Crippen LogP) is 3.52. The fraction of sp³-hybridized carbons (Fsp3) is 0.650. The van der Waals surface area contributed by atoms with Crippen LogP contribution in [0.2, 0.25) is 0 Å². The van der Waals surface area contributed by atoms with Gasteiger partial charge in [-0.3, -0.25) is 4.90 Å². The van der Waals surface area contributed by atoms with Crippen molar-refractivity contribution >= 4 is 11.0 Å². The van der Waals surface area contributed by atoms with Gasteiger partial charge in [0.15, 0.2) is 0 Å². The van der Waals surface area contributed by atoms with Crippen LogP contribution in [0.25, 0.3) is 11.0 Å². The van der Waals surface area contributed by atoms with Gasteiger partial charge in [-0.25, -0.2) is 4.98 Å². The van der Waals surface area contributed by atoms with Crippen molar-refractivity contribution in [3.8, 4) is 5.75 Å². The van der Waals surface area contributed by atoms with E-state index in [0.29, 0.717) is 12.6 Å². The zero-order valence-electron chi connectivity index (χ0n) is 15.0. The van der Waals surface area contributed by atoms with Gasteiger partial charge in [0.25, 0.3) is 0 Å². The number of methoxy groups -OCH3 is 1. The number of rotatable bonds is 5. The summed E-state index contributed by atoms with van der Waals surface area (Å²) >= 11 is 0. The molecule has 1 aromatic heterocycles. The Balaban J connectivity index is 1.47. The van der Waals surface area contributed by atoms with Crippen molar-refractivity contribution in [2.75, 3.05) is 20.3 Å². The van der Waals surface area contributed by atoms with Crippen LogP contribution < -0.4 is 4.74 Å². The highest BCUT2D eigenvalue weighted by atomic mass is 16.5. The molecule has 2 fully saturated rings. The molecule has 2 saturated carbocycles. The first kappa shape index (κ1) is 15.6. The second-order valence-electron chi connectivity index (χ2n) is 7.79. The minimum Gasteiger partial charge on any atom is -0.497 e. The maximum absolute atomic E-state index is 5.92. The highest BCUT2D eigenvalue weighted by molar-refractivity contribution is 5.78. The lowest BCUT2D eigenvalue weighted by Gasteiger charge is -2.48. The van der Waals surface area contributed by atoms with Crippen molar-refractivity contribution in [2.45, 2.75) is 63.3 Å². The molecule has 134 valence electrons. The van der Waals surface area contributed by atoms with Crippen LogP contribution in [0.4, 0.5) is 0 Å². The minimum atomic E-state index is 0.364. The van der Waals surface area contributed by atoms with Crippen LogP contribution >= 0.6 is 0 Å². The van der Waals surface area contributed by atoms with Crippen LogP contribution in [-0.2, 0) is 11.3 Å². The number of fused-ring (bicyclic) bond motifs is 3. The van der Waals surface area contributed by atoms with Crippen LogP contribution in [0.1, 0.15) is 50.4 Å². The molecule has 5 nitrogen and oxygen atoms in total. The van der Waals surface area contributed by atoms with E-state index >= 15 is 0 Å². The number of nitrogens with zero attached hydrogens (tertiary/aromatic N) is 3. The minimum absolute atomic E-state index is 0.364. The monoisotopic (exact) mass is 341 g/mol. The molecule has 0 N–H and O–H groups in total. The quantitative estimate of drug-likeness (QED) is 0.834. The first-order valence-corrected chi connectivity index (χ1v) is 9.72. The third kappa shape index (κ3) is 2.64. The Morgan fingerprint density at radius 3 is 2.60 bits per heavy atom. The number of benzene rings is 1. The Hall–Kier alpha value is -1.59. The van der Waals surface area contributed by atoms with Gasteiger partial charge in [-0.05, 0) is 37.8 Å². The number of hydrogen-bond acceptors (Lipinski definition) is 4. The Kier molecular flexibility index (Phi) is 3.94. The molecular formula is C20H27N3O2. The number of imidazole rings is 1. The highest BCUT2D eigenvalue weighted by Gasteiger charge is 2.36. The molecule has 0 bridgehead atoms. The second kappa shape index (κ2) is 6.29. The zero-order valence-corrected chi connectivity index (χ0v) is 15.0. The van der Waals surface area contributed by atoms with Gasteiger partial charge in [-0.1, -0.05) is 12.8 Å². The lowest BCUT2D eigenvalue weighted by Crippen LogP contribution is -2.52. The van der Waals surface area contributed by atoms with Gasteiger partial charge in [-0.2, -0.15) is 0 Å². The van der Waals surface area contributed by atoms with Crippen molar-refractivity contribution in [2.24, 2.45) is 0 Å². The van der Waals surface area contributed by atoms with Gasteiger partial charge in [0, 0.05) is 24.7 Å². The van der Waals surface area contributed by atoms with Crippen LogP contribution in [0.3, 0.4) is 0 Å². The molecule has 1 aliphatic heterocycles. The molecule has 0 spiro atoms. The molecule has 2 aromatic rings. The Morgan fingerprint density at radius 2 is 1.96 bits per heavy atom. The molecule has 2 aliphatic carbocycles. The fourth-order valence-corrected chi connectivity index (χ4v) is 4.54. The van der Waals surface area contributed by atoms with Crippen LogP contribution in [0.5, 0.6) is 5.75 Å². The standard InChI is InChI=1S/C20H27N3O2/c1-24-17-8-9-19-18(10-17)21-20-13-25-12-16(23(19)20)11-22(14-4-2-5-14)15-6-3-7-15/h8-10,14-16H,2-7,11-13H2,1H3/t16-/m0/s1. The SMILES string of the molecule is COc1ccc2c(c1)nc1n2[C@@H](CN(C2CCC2)C2CCC2)COC1. The van der Waals surface area contributed by atoms with Crippen molar-refractivity contribution in [1.29, 1.82) is 0 Å². The van der Waals surface area contributed by atoms with E-state index in [0.717, 1.165) is 42.3 Å². The van der Waals surface area contributed by atoms with Crippen LogP contribution in [0.15, 0.2) is 18.2 Å². The molecule has 5 rings (SSSR count). The average Bonchev–Trinajstić information content (AvgIpc) is 2.89. The maximum atomic E-state index is 5.92. The van der Waals surface area contributed by atoms with Crippen molar-refractivity contribution < 1.29 is 9.47 Å². The smallest absolute Gasteiger partial charge is 0.136 e. The maximum Gasteiger partial charge on any atom is 0.136 e. The summed E-state index contributed by atoms with van der Waals surface area (Å²) in [7, 11) is 1.71. The van der Waals surface area contributed by atoms with Gasteiger partial charge < -0.3 is 14.0 Å². The van der Waals surface area contributed by atoms with E-state index < -0.39 is 0 Å². The predicted molar refractivity (Wildman–Crippen MR) is 97.0 cm³/mol. The first-order chi connectivity index (χ1) is 12.3. The van der Waals surface area contributed by atoms with Crippen LogP contribution in [-0.4, -0.2) is 46.8 Å². The number of aromatic nitrogens is 2. The molecule has 2 heterocycles. The molecule has 0 radical (unpaired) electrons. The Bertz CT molecular complexity index is 750. The molecule has 1 aromatic carbocycles. The summed E-state index contributed by atoms with van der Waals surface area (Å²) in [6.07, 6.45) is 8.29. The Morgan fingerprint density at radius 1 is 1.20 bits per heavy atom. The molecular weight excluding hydrogens is 314 g/mol. The van der Waals surface area contributed by atoms with Crippen molar-refractivity contribution in [3.63, 3.8) is 0 Å². The van der Waals surface area contributed by atoms with Gasteiger partial charge in [0.05, 0.1) is 30.8 Å². The van der Waals surface area contributed by atoms with E-state index in [4.69, 9.17) is 14.5 Å². The van der Waals surface area contributed by atoms with E-state index in [1.807, 2.05) is 12.1 Å². The van der Waals surface area contributed by atoms with Gasteiger partial charge in [-0.15, -0.1) is 0 Å². The second-order valence-corrected chi connectivity index (χ2v) is 7.79. The third-order valence-corrected chi connectivity index (χ3v) is 6.39. The Labute approximate surface area is 148 Å². The van der Waals surface area contributed by atoms with E-state index in [1.165, 1.54) is 44.0 Å². The number of ether oxygens (including phenoxy) is 2. The summed E-state index contributed by atoms with van der Waals surface area (Å²) in [5.41, 5.74) is 2.23. The summed E-state index contributed by atoms with van der Waals surface area (Å²) < 4.78 is 13.7. The summed E-state index contributed by atoms with van der Waals surface area (Å²) in [4.78, 5) is 7.61. The molecule has 25 heavy (non-hydrogen) atoms. The molecule has 0 unspecified atom stereocenters. The normalized spacial score (nSPS) is 24.2. The lowest BCUT2D eigenvalue weighted by molar-refractivity contribution is -0.00581. The van der Waals surface area contributed by atoms with Gasteiger partial charge in [0.2, 0.25) is 0 Å². The summed E-state index contributed by atoms with van der Waals surface area (Å²) in [6.45, 7) is 2.50. The molecule has 0 amide bonds. The fourth-order valence-electron chi connectivity index (χ4n) is 4.54. The molecule has 1 atom stereocenters. The van der Waals surface area contributed by atoms with Crippen LogP contribution in [0, 0.1) is 0 Å². The highest BCUT2D eigenvalue weighted by Crippen LogP contribution is 2.36. The summed E-state index contributed by atoms with van der Waals surface area (Å²) in [5.74, 6) is 1.92. The van der Waals surface area contributed by atoms with Crippen molar-refractivity contribution in [1.82, 2.24) is 14.5 Å². The number of hydrogen-bond donors (Lipinski definition) is 0. The van der Waals surface area contributed by atoms with E-state index in [1.54, 1.807) is 7.11 Å². The lowest BCUT2D eigenvalue weighted by atomic mass is 9.84. The zero-order chi connectivity index (χ0) is 16.8. The largest absolute Gasteiger partial charge is 0.497 e. The molecule has 3 aliphatic rings. The topological polar surface area (TPSA) is 39.5 Å². The summed E-state index contributed by atoms with van der Waals surface area (Å²) in [5, 5.41) is 0. The average molecular weight is 341 g/mol. The van der Waals surface area contributed by atoms with E-state index in [2.05, 4.69) is 15.5 Å². The first-order valence-electron chi connectivity index (χ1n) is 9.72. The summed E-state index contributed by atoms with van der Waals surface area (Å²) in [6, 6.07) is 8.19. The third-order valence-electron chi connectivity index (χ3n) is 6.39. The van der Waals surface area contributed by atoms with Gasteiger partial charge >= 0.3 is 0 Å².